The number of aliphatic hydroxyl groups is 1. The Morgan fingerprint density at radius 2 is 2.16 bits per heavy atom. The summed E-state index contributed by atoms with van der Waals surface area (Å²) in [6.45, 7) is 6.96. The van der Waals surface area contributed by atoms with E-state index in [0.717, 1.165) is 56.1 Å². The quantitative estimate of drug-likeness (QED) is 0.866. The van der Waals surface area contributed by atoms with Gasteiger partial charge in [0.05, 0.1) is 17.5 Å². The maximum Gasteiger partial charge on any atom is 0.150 e. The number of aliphatic hydroxyl groups excluding tert-OH is 1. The fraction of sp³-hybridized carbons (Fsp3) is 0.786. The molecule has 1 aromatic rings. The van der Waals surface area contributed by atoms with Gasteiger partial charge in [-0.05, 0) is 32.1 Å². The maximum absolute atomic E-state index is 10.0. The fourth-order valence-electron chi connectivity index (χ4n) is 3.69. The number of hydrogen-bond donors (Lipinski definition) is 2. The van der Waals surface area contributed by atoms with Gasteiger partial charge < -0.3 is 15.7 Å². The van der Waals surface area contributed by atoms with Crippen molar-refractivity contribution in [3.8, 4) is 0 Å². The number of rotatable bonds is 3. The molecule has 0 aromatic carbocycles. The minimum atomic E-state index is -0.125. The Kier molecular flexibility index (Phi) is 3.17. The van der Waals surface area contributed by atoms with E-state index in [0.29, 0.717) is 11.8 Å². The van der Waals surface area contributed by atoms with E-state index in [4.69, 9.17) is 5.73 Å². The highest BCUT2D eigenvalue weighted by Gasteiger charge is 2.43. The van der Waals surface area contributed by atoms with Crippen LogP contribution < -0.4 is 10.6 Å². The van der Waals surface area contributed by atoms with Gasteiger partial charge in [-0.1, -0.05) is 6.92 Å². The van der Waals surface area contributed by atoms with E-state index in [1.54, 1.807) is 0 Å². The zero-order chi connectivity index (χ0) is 13.6. The van der Waals surface area contributed by atoms with Crippen LogP contribution in [0, 0.1) is 18.8 Å². The second-order valence-corrected chi connectivity index (χ2v) is 6.02. The summed E-state index contributed by atoms with van der Waals surface area (Å²) in [6.07, 6.45) is 3.03. The van der Waals surface area contributed by atoms with Crippen molar-refractivity contribution in [1.29, 1.82) is 0 Å². The molecule has 3 atom stereocenters. The van der Waals surface area contributed by atoms with Crippen molar-refractivity contribution in [2.24, 2.45) is 11.8 Å². The summed E-state index contributed by atoms with van der Waals surface area (Å²) in [5.41, 5.74) is 7.94. The van der Waals surface area contributed by atoms with Gasteiger partial charge in [0, 0.05) is 25.6 Å². The average Bonchev–Trinajstić information content (AvgIpc) is 2.99. The molecule has 106 valence electrons. The largest absolute Gasteiger partial charge is 0.394 e. The number of nitrogen functional groups attached to an aromatic ring is 1. The Morgan fingerprint density at radius 3 is 2.84 bits per heavy atom. The topological polar surface area (TPSA) is 67.3 Å². The highest BCUT2D eigenvalue weighted by molar-refractivity contribution is 5.66. The highest BCUT2D eigenvalue weighted by Crippen LogP contribution is 2.41. The first-order valence-corrected chi connectivity index (χ1v) is 7.37. The van der Waals surface area contributed by atoms with Crippen molar-refractivity contribution in [2.75, 3.05) is 23.7 Å². The van der Waals surface area contributed by atoms with Gasteiger partial charge in [-0.15, -0.1) is 0 Å². The van der Waals surface area contributed by atoms with E-state index in [1.165, 1.54) is 0 Å². The minimum absolute atomic E-state index is 0.125. The molecule has 3 N–H and O–H groups in total. The summed E-state index contributed by atoms with van der Waals surface area (Å²) in [5.74, 6) is 2.12. The van der Waals surface area contributed by atoms with E-state index in [-0.39, 0.29) is 6.10 Å². The Hall–Kier alpha value is -1.23. The molecule has 0 amide bonds. The minimum Gasteiger partial charge on any atom is -0.394 e. The lowest BCUT2D eigenvalue weighted by Crippen LogP contribution is -2.27. The van der Waals surface area contributed by atoms with Gasteiger partial charge in [-0.2, -0.15) is 5.10 Å². The van der Waals surface area contributed by atoms with Crippen LogP contribution in [0.25, 0.3) is 0 Å². The molecule has 1 saturated heterocycles. The Bertz CT molecular complexity index is 470. The van der Waals surface area contributed by atoms with E-state index in [2.05, 4.69) is 16.9 Å². The summed E-state index contributed by atoms with van der Waals surface area (Å²) in [5, 5.41) is 14.6. The Balaban J connectivity index is 1.87. The van der Waals surface area contributed by atoms with Crippen molar-refractivity contribution >= 4 is 11.5 Å². The lowest BCUT2D eigenvalue weighted by Gasteiger charge is -2.22. The number of fused-ring (bicyclic) bond motifs is 1. The van der Waals surface area contributed by atoms with E-state index < -0.39 is 0 Å². The van der Waals surface area contributed by atoms with Crippen LogP contribution in [0.5, 0.6) is 0 Å². The molecule has 1 aromatic heterocycles. The molecule has 3 unspecified atom stereocenters. The molecule has 2 aliphatic rings. The van der Waals surface area contributed by atoms with Gasteiger partial charge in [0.25, 0.3) is 0 Å². The van der Waals surface area contributed by atoms with Crippen LogP contribution in [0.4, 0.5) is 11.5 Å². The summed E-state index contributed by atoms with van der Waals surface area (Å²) in [6, 6.07) is 0. The first-order valence-electron chi connectivity index (χ1n) is 7.37. The van der Waals surface area contributed by atoms with Crippen LogP contribution >= 0.6 is 0 Å². The maximum atomic E-state index is 10.0. The standard InChI is InChI=1S/C14H24N4O/c1-3-6-18-14(13(15)9(2)16-18)17-7-10-4-5-12(19)11(10)8-17/h10-12,19H,3-8,15H2,1-2H3. The summed E-state index contributed by atoms with van der Waals surface area (Å²) in [4.78, 5) is 2.34. The molecular formula is C14H24N4O. The molecule has 19 heavy (non-hydrogen) atoms. The molecule has 1 aliphatic heterocycles. The van der Waals surface area contributed by atoms with Gasteiger partial charge in [0.2, 0.25) is 0 Å². The van der Waals surface area contributed by atoms with Gasteiger partial charge in [-0.3, -0.25) is 0 Å². The molecule has 2 fully saturated rings. The second-order valence-electron chi connectivity index (χ2n) is 6.02. The highest BCUT2D eigenvalue weighted by atomic mass is 16.3. The second kappa shape index (κ2) is 4.71. The molecular weight excluding hydrogens is 240 g/mol. The normalized spacial score (nSPS) is 30.1. The van der Waals surface area contributed by atoms with Gasteiger partial charge in [0.1, 0.15) is 0 Å². The lowest BCUT2D eigenvalue weighted by molar-refractivity contribution is 0.133. The van der Waals surface area contributed by atoms with Crippen LogP contribution in [0.3, 0.4) is 0 Å². The monoisotopic (exact) mass is 264 g/mol. The van der Waals surface area contributed by atoms with Crippen molar-refractivity contribution in [2.45, 2.75) is 45.8 Å². The zero-order valence-corrected chi connectivity index (χ0v) is 11.8. The number of hydrogen-bond acceptors (Lipinski definition) is 4. The first-order chi connectivity index (χ1) is 9.11. The van der Waals surface area contributed by atoms with E-state index >= 15 is 0 Å². The molecule has 3 rings (SSSR count). The summed E-state index contributed by atoms with van der Waals surface area (Å²) >= 11 is 0. The number of aryl methyl sites for hydroxylation is 2. The molecule has 0 bridgehead atoms. The number of nitrogens with two attached hydrogens (primary N) is 1. The van der Waals surface area contributed by atoms with Crippen LogP contribution in [0.15, 0.2) is 0 Å². The number of nitrogens with zero attached hydrogens (tertiary/aromatic N) is 3. The molecule has 0 spiro atoms. The van der Waals surface area contributed by atoms with E-state index in [9.17, 15) is 5.11 Å². The fourth-order valence-corrected chi connectivity index (χ4v) is 3.69. The predicted molar refractivity (Wildman–Crippen MR) is 76.1 cm³/mol. The third-order valence-electron chi connectivity index (χ3n) is 4.70. The Labute approximate surface area is 114 Å². The molecule has 1 aliphatic carbocycles. The smallest absolute Gasteiger partial charge is 0.150 e. The van der Waals surface area contributed by atoms with Crippen molar-refractivity contribution in [1.82, 2.24) is 9.78 Å². The number of aromatic nitrogens is 2. The Morgan fingerprint density at radius 1 is 1.37 bits per heavy atom. The van der Waals surface area contributed by atoms with Crippen LogP contribution in [-0.4, -0.2) is 34.1 Å². The molecule has 2 heterocycles. The number of anilines is 2. The van der Waals surface area contributed by atoms with Gasteiger partial charge in [-0.25, -0.2) is 4.68 Å². The molecule has 5 heteroatoms. The van der Waals surface area contributed by atoms with E-state index in [1.807, 2.05) is 11.6 Å². The van der Waals surface area contributed by atoms with Crippen LogP contribution in [-0.2, 0) is 6.54 Å². The lowest BCUT2D eigenvalue weighted by atomic mass is 10.00. The predicted octanol–water partition coefficient (Wildman–Crippen LogP) is 1.39. The summed E-state index contributed by atoms with van der Waals surface area (Å²) in [7, 11) is 0. The third kappa shape index (κ3) is 2.00. The van der Waals surface area contributed by atoms with Crippen molar-refractivity contribution in [3.05, 3.63) is 5.69 Å². The zero-order valence-electron chi connectivity index (χ0n) is 11.8. The van der Waals surface area contributed by atoms with Crippen LogP contribution in [0.1, 0.15) is 31.9 Å². The third-order valence-corrected chi connectivity index (χ3v) is 4.70. The molecule has 0 radical (unpaired) electrons. The average molecular weight is 264 g/mol. The van der Waals surface area contributed by atoms with Crippen LogP contribution in [0.2, 0.25) is 0 Å². The van der Waals surface area contributed by atoms with Gasteiger partial charge in [0.15, 0.2) is 5.82 Å². The first kappa shape index (κ1) is 12.8. The molecule has 1 saturated carbocycles. The molecule has 5 nitrogen and oxygen atoms in total. The van der Waals surface area contributed by atoms with Gasteiger partial charge >= 0.3 is 0 Å². The summed E-state index contributed by atoms with van der Waals surface area (Å²) < 4.78 is 2.04. The van der Waals surface area contributed by atoms with Crippen molar-refractivity contribution < 1.29 is 5.11 Å². The van der Waals surface area contributed by atoms with Crippen molar-refractivity contribution in [3.63, 3.8) is 0 Å². The SMILES string of the molecule is CCCn1nc(C)c(N)c1N1CC2CCC(O)C2C1.